The Morgan fingerprint density at radius 1 is 1.46 bits per heavy atom. The van der Waals surface area contributed by atoms with E-state index in [-0.39, 0.29) is 23.3 Å². The van der Waals surface area contributed by atoms with Crippen LogP contribution in [0.15, 0.2) is 21.4 Å². The summed E-state index contributed by atoms with van der Waals surface area (Å²) in [6.45, 7) is 4.48. The summed E-state index contributed by atoms with van der Waals surface area (Å²) in [6.07, 6.45) is 3.48. The first-order valence-electron chi connectivity index (χ1n) is 8.33. The Morgan fingerprint density at radius 2 is 2.25 bits per heavy atom. The molecule has 2 aromatic heterocycles. The standard InChI is InChI=1S/C17H23N3O2S2/c1-10-5-4-6-13(11(10)2)18-14(21)9-24-17-19-15-12(7-8-23-15)16(22)20(17)3/h7-8,10-11,13H,4-6,9H2,1-3H3,(H,18,21). The van der Waals surface area contributed by atoms with Crippen molar-refractivity contribution in [3.8, 4) is 0 Å². The normalized spacial score (nSPS) is 24.2. The zero-order valence-corrected chi connectivity index (χ0v) is 15.9. The Morgan fingerprint density at radius 3 is 3.04 bits per heavy atom. The fourth-order valence-corrected chi connectivity index (χ4v) is 4.86. The van der Waals surface area contributed by atoms with Crippen molar-refractivity contribution in [2.45, 2.75) is 44.3 Å². The van der Waals surface area contributed by atoms with Crippen LogP contribution in [-0.4, -0.2) is 27.3 Å². The van der Waals surface area contributed by atoms with Gasteiger partial charge in [0.25, 0.3) is 5.56 Å². The molecule has 1 aliphatic carbocycles. The van der Waals surface area contributed by atoms with Crippen molar-refractivity contribution >= 4 is 39.2 Å². The summed E-state index contributed by atoms with van der Waals surface area (Å²) in [7, 11) is 1.71. The zero-order chi connectivity index (χ0) is 17.3. The van der Waals surface area contributed by atoms with Gasteiger partial charge in [0.1, 0.15) is 4.83 Å². The van der Waals surface area contributed by atoms with Crippen molar-refractivity contribution in [3.05, 3.63) is 21.8 Å². The Labute approximate surface area is 149 Å². The highest BCUT2D eigenvalue weighted by atomic mass is 32.2. The smallest absolute Gasteiger partial charge is 0.262 e. The van der Waals surface area contributed by atoms with Crippen molar-refractivity contribution in [1.29, 1.82) is 0 Å². The number of carbonyl (C=O) groups excluding carboxylic acids is 1. The SMILES string of the molecule is CC1CCCC(NC(=O)CSc2nc3sccc3c(=O)n2C)C1C. The lowest BCUT2D eigenvalue weighted by Crippen LogP contribution is -2.44. The highest BCUT2D eigenvalue weighted by Gasteiger charge is 2.28. The molecule has 3 atom stereocenters. The fourth-order valence-electron chi connectivity index (χ4n) is 3.27. The number of thioether (sulfide) groups is 1. The molecular weight excluding hydrogens is 342 g/mol. The van der Waals surface area contributed by atoms with Crippen LogP contribution >= 0.6 is 23.1 Å². The number of amides is 1. The summed E-state index contributed by atoms with van der Waals surface area (Å²) >= 11 is 2.77. The molecular formula is C17H23N3O2S2. The number of aromatic nitrogens is 2. The van der Waals surface area contributed by atoms with E-state index in [9.17, 15) is 9.59 Å². The number of thiophene rings is 1. The molecule has 7 heteroatoms. The largest absolute Gasteiger partial charge is 0.352 e. The van der Waals surface area contributed by atoms with Crippen molar-refractivity contribution in [1.82, 2.24) is 14.9 Å². The zero-order valence-electron chi connectivity index (χ0n) is 14.2. The van der Waals surface area contributed by atoms with E-state index in [0.717, 1.165) is 11.3 Å². The van der Waals surface area contributed by atoms with Gasteiger partial charge in [-0.25, -0.2) is 4.98 Å². The van der Waals surface area contributed by atoms with E-state index in [1.165, 1.54) is 40.5 Å². The van der Waals surface area contributed by atoms with Crippen LogP contribution < -0.4 is 10.9 Å². The summed E-state index contributed by atoms with van der Waals surface area (Å²) in [5.41, 5.74) is -0.0566. The molecule has 5 nitrogen and oxygen atoms in total. The predicted molar refractivity (Wildman–Crippen MR) is 99.7 cm³/mol. The third kappa shape index (κ3) is 3.52. The molecule has 1 amide bonds. The molecule has 2 aromatic rings. The lowest BCUT2D eigenvalue weighted by molar-refractivity contribution is -0.120. The van der Waals surface area contributed by atoms with E-state index >= 15 is 0 Å². The maximum Gasteiger partial charge on any atom is 0.262 e. The van der Waals surface area contributed by atoms with Gasteiger partial charge in [0.05, 0.1) is 11.1 Å². The van der Waals surface area contributed by atoms with E-state index in [4.69, 9.17) is 0 Å². The van der Waals surface area contributed by atoms with E-state index < -0.39 is 0 Å². The van der Waals surface area contributed by atoms with Gasteiger partial charge in [0, 0.05) is 13.1 Å². The minimum atomic E-state index is -0.0566. The summed E-state index contributed by atoms with van der Waals surface area (Å²) in [5.74, 6) is 1.47. The number of hydrogen-bond donors (Lipinski definition) is 1. The predicted octanol–water partition coefficient (Wildman–Crippen LogP) is 3.03. The molecule has 3 rings (SSSR count). The van der Waals surface area contributed by atoms with Crippen LogP contribution in [0, 0.1) is 11.8 Å². The maximum absolute atomic E-state index is 12.3. The number of nitrogens with one attached hydrogen (secondary N) is 1. The van der Waals surface area contributed by atoms with Crippen LogP contribution in [0.4, 0.5) is 0 Å². The van der Waals surface area contributed by atoms with E-state index in [1.54, 1.807) is 13.1 Å². The monoisotopic (exact) mass is 365 g/mol. The molecule has 0 spiro atoms. The van der Waals surface area contributed by atoms with E-state index in [2.05, 4.69) is 24.1 Å². The molecule has 1 aliphatic rings. The van der Waals surface area contributed by atoms with Gasteiger partial charge in [-0.15, -0.1) is 11.3 Å². The first-order valence-corrected chi connectivity index (χ1v) is 10.2. The molecule has 130 valence electrons. The maximum atomic E-state index is 12.3. The van der Waals surface area contributed by atoms with Crippen molar-refractivity contribution in [2.75, 3.05) is 5.75 Å². The van der Waals surface area contributed by atoms with Gasteiger partial charge in [-0.3, -0.25) is 14.2 Å². The second-order valence-corrected chi connectivity index (χ2v) is 8.47. The number of fused-ring (bicyclic) bond motifs is 1. The molecule has 1 N–H and O–H groups in total. The Hall–Kier alpha value is -1.34. The van der Waals surface area contributed by atoms with Crippen molar-refractivity contribution in [2.24, 2.45) is 18.9 Å². The summed E-state index contributed by atoms with van der Waals surface area (Å²) in [5, 5.41) is 6.26. The van der Waals surface area contributed by atoms with Crippen LogP contribution in [0.5, 0.6) is 0 Å². The number of hydrogen-bond acceptors (Lipinski definition) is 5. The van der Waals surface area contributed by atoms with Gasteiger partial charge in [0.15, 0.2) is 5.16 Å². The lowest BCUT2D eigenvalue weighted by atomic mass is 9.78. The third-order valence-electron chi connectivity index (χ3n) is 5.05. The van der Waals surface area contributed by atoms with Gasteiger partial charge in [-0.2, -0.15) is 0 Å². The molecule has 0 saturated heterocycles. The van der Waals surface area contributed by atoms with E-state index in [1.807, 2.05) is 5.38 Å². The quantitative estimate of drug-likeness (QED) is 0.668. The third-order valence-corrected chi connectivity index (χ3v) is 6.89. The van der Waals surface area contributed by atoms with Gasteiger partial charge >= 0.3 is 0 Å². The average molecular weight is 366 g/mol. The van der Waals surface area contributed by atoms with Crippen LogP contribution in [0.1, 0.15) is 33.1 Å². The molecule has 2 heterocycles. The van der Waals surface area contributed by atoms with Crippen LogP contribution in [-0.2, 0) is 11.8 Å². The van der Waals surface area contributed by atoms with Gasteiger partial charge < -0.3 is 5.32 Å². The van der Waals surface area contributed by atoms with Gasteiger partial charge in [0.2, 0.25) is 5.91 Å². The topological polar surface area (TPSA) is 64.0 Å². The molecule has 0 aromatic carbocycles. The Bertz CT molecular complexity index is 799. The van der Waals surface area contributed by atoms with Crippen LogP contribution in [0.3, 0.4) is 0 Å². The summed E-state index contributed by atoms with van der Waals surface area (Å²) < 4.78 is 1.53. The highest BCUT2D eigenvalue weighted by Crippen LogP contribution is 2.29. The summed E-state index contributed by atoms with van der Waals surface area (Å²) in [6, 6.07) is 2.06. The average Bonchev–Trinajstić information content (AvgIpc) is 3.02. The van der Waals surface area contributed by atoms with Gasteiger partial charge in [-0.1, -0.05) is 38.5 Å². The number of rotatable bonds is 4. The fraction of sp³-hybridized carbons (Fsp3) is 0.588. The first-order chi connectivity index (χ1) is 11.5. The second kappa shape index (κ2) is 7.27. The van der Waals surface area contributed by atoms with Crippen LogP contribution in [0.2, 0.25) is 0 Å². The highest BCUT2D eigenvalue weighted by molar-refractivity contribution is 7.99. The molecule has 3 unspecified atom stereocenters. The second-order valence-electron chi connectivity index (χ2n) is 6.63. The molecule has 1 fully saturated rings. The minimum Gasteiger partial charge on any atom is -0.352 e. The van der Waals surface area contributed by atoms with E-state index in [0.29, 0.717) is 22.4 Å². The molecule has 0 bridgehead atoms. The molecule has 0 aliphatic heterocycles. The summed E-state index contributed by atoms with van der Waals surface area (Å²) in [4.78, 5) is 29.8. The number of nitrogens with zero attached hydrogens (tertiary/aromatic N) is 2. The Kier molecular flexibility index (Phi) is 5.30. The molecule has 0 radical (unpaired) electrons. The Balaban J connectivity index is 1.64. The van der Waals surface area contributed by atoms with Crippen molar-refractivity contribution < 1.29 is 4.79 Å². The van der Waals surface area contributed by atoms with Crippen LogP contribution in [0.25, 0.3) is 10.2 Å². The number of carbonyl (C=O) groups is 1. The molecule has 1 saturated carbocycles. The lowest BCUT2D eigenvalue weighted by Gasteiger charge is -2.34. The van der Waals surface area contributed by atoms with Crippen molar-refractivity contribution in [3.63, 3.8) is 0 Å². The minimum absolute atomic E-state index is 0.0199. The van der Waals surface area contributed by atoms with Gasteiger partial charge in [-0.05, 0) is 29.7 Å². The first kappa shape index (κ1) is 17.5. The molecule has 24 heavy (non-hydrogen) atoms.